The van der Waals surface area contributed by atoms with Gasteiger partial charge in [0.2, 0.25) is 0 Å². The fourth-order valence-electron chi connectivity index (χ4n) is 1.20. The van der Waals surface area contributed by atoms with Gasteiger partial charge in [0.1, 0.15) is 6.61 Å². The van der Waals surface area contributed by atoms with Crippen LogP contribution >= 0.6 is 0 Å². The minimum atomic E-state index is -0.258. The van der Waals surface area contributed by atoms with Crippen molar-refractivity contribution in [2.45, 2.75) is 33.1 Å². The van der Waals surface area contributed by atoms with E-state index >= 15 is 0 Å². The summed E-state index contributed by atoms with van der Waals surface area (Å²) in [5.41, 5.74) is 0. The lowest BCUT2D eigenvalue weighted by Crippen LogP contribution is -2.14. The molecule has 0 N–H and O–H groups in total. The Morgan fingerprint density at radius 3 is 1.95 bits per heavy atom. The molecule has 0 aliphatic rings. The molecule has 112 valence electrons. The molecule has 19 heavy (non-hydrogen) atoms. The summed E-state index contributed by atoms with van der Waals surface area (Å²) in [6.07, 6.45) is 1.48. The summed E-state index contributed by atoms with van der Waals surface area (Å²) < 4.78 is 20.0. The van der Waals surface area contributed by atoms with E-state index in [1.54, 1.807) is 6.92 Å². The van der Waals surface area contributed by atoms with E-state index in [0.29, 0.717) is 39.5 Å². The van der Waals surface area contributed by atoms with Crippen LogP contribution in [0.15, 0.2) is 0 Å². The van der Waals surface area contributed by atoms with E-state index in [-0.39, 0.29) is 25.0 Å². The van der Waals surface area contributed by atoms with Crippen LogP contribution in [0.3, 0.4) is 0 Å². The van der Waals surface area contributed by atoms with Gasteiger partial charge in [-0.15, -0.1) is 0 Å². The second-order valence-electron chi connectivity index (χ2n) is 3.75. The molecule has 0 aliphatic carbocycles. The van der Waals surface area contributed by atoms with Crippen LogP contribution in [0.25, 0.3) is 0 Å². The van der Waals surface area contributed by atoms with Gasteiger partial charge in [0.05, 0.1) is 39.5 Å². The maximum Gasteiger partial charge on any atom is 0.308 e. The van der Waals surface area contributed by atoms with E-state index in [4.69, 9.17) is 18.9 Å². The first kappa shape index (κ1) is 17.9. The Bertz CT molecular complexity index is 217. The molecule has 0 spiro atoms. The zero-order chi connectivity index (χ0) is 14.3. The van der Waals surface area contributed by atoms with Crippen LogP contribution in [0.2, 0.25) is 0 Å². The van der Waals surface area contributed by atoms with Gasteiger partial charge in [-0.05, 0) is 13.3 Å². The Morgan fingerprint density at radius 1 is 0.737 bits per heavy atom. The van der Waals surface area contributed by atoms with Gasteiger partial charge >= 0.3 is 11.9 Å². The van der Waals surface area contributed by atoms with Gasteiger partial charge in [-0.3, -0.25) is 9.59 Å². The van der Waals surface area contributed by atoms with Gasteiger partial charge in [0, 0.05) is 6.42 Å². The molecule has 0 aromatic rings. The van der Waals surface area contributed by atoms with Crippen molar-refractivity contribution in [3.63, 3.8) is 0 Å². The van der Waals surface area contributed by atoms with Crippen molar-refractivity contribution >= 4 is 11.9 Å². The van der Waals surface area contributed by atoms with E-state index in [2.05, 4.69) is 0 Å². The molecule has 0 fully saturated rings. The van der Waals surface area contributed by atoms with E-state index in [0.717, 1.165) is 6.42 Å². The van der Waals surface area contributed by atoms with Crippen LogP contribution in [-0.2, 0) is 28.5 Å². The maximum atomic E-state index is 11.0. The summed E-state index contributed by atoms with van der Waals surface area (Å²) in [5.74, 6) is -0.456. The molecular formula is C13H24O6. The molecule has 0 atom stereocenters. The smallest absolute Gasteiger partial charge is 0.308 e. The lowest BCUT2D eigenvalue weighted by molar-refractivity contribution is -0.145. The molecule has 0 aromatic carbocycles. The SMILES string of the molecule is CCCC(=O)OCCOCCOCCC(=O)OCC. The average molecular weight is 276 g/mol. The largest absolute Gasteiger partial charge is 0.466 e. The zero-order valence-electron chi connectivity index (χ0n) is 11.8. The Labute approximate surface area is 114 Å². The van der Waals surface area contributed by atoms with Crippen molar-refractivity contribution in [2.24, 2.45) is 0 Å². The van der Waals surface area contributed by atoms with Crippen molar-refractivity contribution in [1.82, 2.24) is 0 Å². The molecule has 0 saturated carbocycles. The van der Waals surface area contributed by atoms with Gasteiger partial charge < -0.3 is 18.9 Å². The summed E-state index contributed by atoms with van der Waals surface area (Å²) in [6.45, 7) is 5.84. The summed E-state index contributed by atoms with van der Waals surface area (Å²) in [6, 6.07) is 0. The van der Waals surface area contributed by atoms with Crippen molar-refractivity contribution < 1.29 is 28.5 Å². The minimum Gasteiger partial charge on any atom is -0.466 e. The van der Waals surface area contributed by atoms with E-state index in [1.165, 1.54) is 0 Å². The van der Waals surface area contributed by atoms with Crippen LogP contribution in [0.4, 0.5) is 0 Å². The predicted molar refractivity (Wildman–Crippen MR) is 68.8 cm³/mol. The molecule has 0 unspecified atom stereocenters. The Morgan fingerprint density at radius 2 is 1.32 bits per heavy atom. The van der Waals surface area contributed by atoms with Crippen molar-refractivity contribution in [1.29, 1.82) is 0 Å². The third-order valence-corrected chi connectivity index (χ3v) is 2.07. The number of rotatable bonds is 12. The van der Waals surface area contributed by atoms with Gasteiger partial charge in [-0.2, -0.15) is 0 Å². The van der Waals surface area contributed by atoms with E-state index in [1.807, 2.05) is 6.92 Å². The van der Waals surface area contributed by atoms with Gasteiger partial charge in [0.15, 0.2) is 0 Å². The van der Waals surface area contributed by atoms with Crippen LogP contribution in [0.5, 0.6) is 0 Å². The summed E-state index contributed by atoms with van der Waals surface area (Å²) in [4.78, 5) is 21.9. The van der Waals surface area contributed by atoms with Gasteiger partial charge in [0.25, 0.3) is 0 Å². The Kier molecular flexibility index (Phi) is 12.5. The molecule has 0 radical (unpaired) electrons. The highest BCUT2D eigenvalue weighted by Crippen LogP contribution is 1.91. The predicted octanol–water partition coefficient (Wildman–Crippen LogP) is 1.32. The highest BCUT2D eigenvalue weighted by atomic mass is 16.6. The van der Waals surface area contributed by atoms with Crippen LogP contribution < -0.4 is 0 Å². The Hall–Kier alpha value is -1.14. The van der Waals surface area contributed by atoms with Crippen molar-refractivity contribution in [2.75, 3.05) is 39.6 Å². The Balaban J connectivity index is 3.15. The molecule has 0 aromatic heterocycles. The third kappa shape index (κ3) is 13.1. The van der Waals surface area contributed by atoms with Crippen molar-refractivity contribution in [3.05, 3.63) is 0 Å². The second-order valence-corrected chi connectivity index (χ2v) is 3.75. The second kappa shape index (κ2) is 13.3. The first-order valence-electron chi connectivity index (χ1n) is 6.67. The van der Waals surface area contributed by atoms with Crippen LogP contribution in [0.1, 0.15) is 33.1 Å². The fraction of sp³-hybridized carbons (Fsp3) is 0.846. The zero-order valence-corrected chi connectivity index (χ0v) is 11.8. The maximum absolute atomic E-state index is 11.0. The highest BCUT2D eigenvalue weighted by molar-refractivity contribution is 5.69. The first-order valence-corrected chi connectivity index (χ1v) is 6.67. The third-order valence-electron chi connectivity index (χ3n) is 2.07. The van der Waals surface area contributed by atoms with Crippen LogP contribution in [0, 0.1) is 0 Å². The standard InChI is InChI=1S/C13H24O6/c1-3-5-12(14)19-11-10-17-9-8-16-7-6-13(15)18-4-2/h3-11H2,1-2H3. The summed E-state index contributed by atoms with van der Waals surface area (Å²) >= 11 is 0. The fourth-order valence-corrected chi connectivity index (χ4v) is 1.20. The van der Waals surface area contributed by atoms with Gasteiger partial charge in [-0.1, -0.05) is 6.92 Å². The monoisotopic (exact) mass is 276 g/mol. The lowest BCUT2D eigenvalue weighted by Gasteiger charge is -2.06. The summed E-state index contributed by atoms with van der Waals surface area (Å²) in [5, 5.41) is 0. The molecule has 0 saturated heterocycles. The van der Waals surface area contributed by atoms with Crippen molar-refractivity contribution in [3.8, 4) is 0 Å². The van der Waals surface area contributed by atoms with E-state index in [9.17, 15) is 9.59 Å². The molecule has 0 heterocycles. The summed E-state index contributed by atoms with van der Waals surface area (Å²) in [7, 11) is 0. The number of hydrogen-bond acceptors (Lipinski definition) is 6. The number of carbonyl (C=O) groups excluding carboxylic acids is 2. The quantitative estimate of drug-likeness (QED) is 0.395. The molecule has 6 nitrogen and oxygen atoms in total. The molecule has 6 heteroatoms. The number of ether oxygens (including phenoxy) is 4. The van der Waals surface area contributed by atoms with Gasteiger partial charge in [-0.25, -0.2) is 0 Å². The number of esters is 2. The van der Waals surface area contributed by atoms with Crippen LogP contribution in [-0.4, -0.2) is 51.6 Å². The van der Waals surface area contributed by atoms with E-state index < -0.39 is 0 Å². The number of carbonyl (C=O) groups is 2. The number of hydrogen-bond donors (Lipinski definition) is 0. The normalized spacial score (nSPS) is 10.2. The molecule has 0 rings (SSSR count). The lowest BCUT2D eigenvalue weighted by atomic mass is 10.3. The minimum absolute atomic E-state index is 0.197. The molecular weight excluding hydrogens is 252 g/mol. The topological polar surface area (TPSA) is 71.1 Å². The first-order chi connectivity index (χ1) is 9.20. The molecule has 0 bridgehead atoms. The molecule has 0 amide bonds. The highest BCUT2D eigenvalue weighted by Gasteiger charge is 2.01. The average Bonchev–Trinajstić information content (AvgIpc) is 2.37. The molecule has 0 aliphatic heterocycles.